The van der Waals surface area contributed by atoms with E-state index in [-0.39, 0.29) is 12.4 Å². The highest BCUT2D eigenvalue weighted by Crippen LogP contribution is 2.52. The lowest BCUT2D eigenvalue weighted by Gasteiger charge is -2.07. The molecule has 11 heteroatoms. The van der Waals surface area contributed by atoms with E-state index in [0.29, 0.717) is 34.0 Å². The number of carbonyl (C=O) groups is 2. The number of nitrogens with zero attached hydrogens (tertiary/aromatic N) is 1. The Balaban J connectivity index is 1.29. The number of aromatic nitrogens is 1. The number of nitrogens with one attached hydrogen (secondary N) is 1. The van der Waals surface area contributed by atoms with E-state index in [9.17, 15) is 14.7 Å². The molecule has 5 rings (SSSR count). The second kappa shape index (κ2) is 8.92. The number of halogens is 1. The molecule has 1 aliphatic rings. The van der Waals surface area contributed by atoms with Crippen LogP contribution in [0, 0.1) is 11.8 Å². The Labute approximate surface area is 211 Å². The number of carboxylic acids is 1. The SMILES string of the molecule is Nc1nsc(C#Cc2cc3cc(C4(C(=O)O)CC4)sc3s2)c1NC(=O)OCc1ccccc1Cl. The summed E-state index contributed by atoms with van der Waals surface area (Å²) in [6.45, 7) is 0.0150. The summed E-state index contributed by atoms with van der Waals surface area (Å²) in [7, 11) is 0. The van der Waals surface area contributed by atoms with E-state index < -0.39 is 17.5 Å². The molecule has 4 N–H and O–H groups in total. The van der Waals surface area contributed by atoms with Crippen LogP contribution < -0.4 is 11.1 Å². The first-order valence-electron chi connectivity index (χ1n) is 10.1. The Morgan fingerprint density at radius 3 is 2.74 bits per heavy atom. The van der Waals surface area contributed by atoms with E-state index in [2.05, 4.69) is 21.5 Å². The third-order valence-electron chi connectivity index (χ3n) is 5.41. The van der Waals surface area contributed by atoms with E-state index in [4.69, 9.17) is 22.1 Å². The first-order chi connectivity index (χ1) is 16.4. The van der Waals surface area contributed by atoms with Gasteiger partial charge in [-0.15, -0.1) is 22.7 Å². The van der Waals surface area contributed by atoms with Crippen LogP contribution in [0.4, 0.5) is 16.3 Å². The maximum absolute atomic E-state index is 12.3. The van der Waals surface area contributed by atoms with Crippen molar-refractivity contribution in [3.63, 3.8) is 0 Å². The van der Waals surface area contributed by atoms with Gasteiger partial charge in [0, 0.05) is 20.8 Å². The molecule has 3 heterocycles. The van der Waals surface area contributed by atoms with Gasteiger partial charge in [0.05, 0.1) is 8.89 Å². The number of hydrogen-bond donors (Lipinski definition) is 3. The first kappa shape index (κ1) is 22.7. The lowest BCUT2D eigenvalue weighted by Crippen LogP contribution is -2.17. The lowest BCUT2D eigenvalue weighted by atomic mass is 10.1. The number of carboxylic acid groups (broad SMARTS) is 1. The summed E-state index contributed by atoms with van der Waals surface area (Å²) in [6.07, 6.45) is 0.685. The number of anilines is 2. The molecule has 0 bridgehead atoms. The van der Waals surface area contributed by atoms with E-state index in [1.165, 1.54) is 22.7 Å². The van der Waals surface area contributed by atoms with Crippen LogP contribution in [-0.2, 0) is 21.6 Å². The molecule has 34 heavy (non-hydrogen) atoms. The van der Waals surface area contributed by atoms with Crippen molar-refractivity contribution in [3.05, 3.63) is 61.6 Å². The smallest absolute Gasteiger partial charge is 0.412 e. The molecular formula is C23H16ClN3O4S3. The molecule has 0 aliphatic heterocycles. The molecule has 0 saturated heterocycles. The van der Waals surface area contributed by atoms with Crippen LogP contribution >= 0.6 is 45.8 Å². The number of ether oxygens (including phenoxy) is 1. The molecule has 0 spiro atoms. The normalized spacial score (nSPS) is 13.8. The number of amides is 1. The molecule has 0 radical (unpaired) electrons. The zero-order valence-electron chi connectivity index (χ0n) is 17.4. The van der Waals surface area contributed by atoms with E-state index in [0.717, 1.165) is 30.7 Å². The zero-order valence-corrected chi connectivity index (χ0v) is 20.6. The number of benzene rings is 1. The number of hydrogen-bond acceptors (Lipinski definition) is 8. The highest BCUT2D eigenvalue weighted by molar-refractivity contribution is 7.38. The summed E-state index contributed by atoms with van der Waals surface area (Å²) in [5, 5.41) is 13.6. The molecule has 172 valence electrons. The van der Waals surface area contributed by atoms with Gasteiger partial charge >= 0.3 is 12.1 Å². The van der Waals surface area contributed by atoms with Crippen molar-refractivity contribution in [1.29, 1.82) is 0 Å². The maximum atomic E-state index is 12.3. The van der Waals surface area contributed by atoms with Crippen LogP contribution in [0.25, 0.3) is 9.40 Å². The summed E-state index contributed by atoms with van der Waals surface area (Å²) in [5.74, 6) is 5.51. The molecule has 1 aliphatic carbocycles. The van der Waals surface area contributed by atoms with Gasteiger partial charge < -0.3 is 15.6 Å². The second-order valence-electron chi connectivity index (χ2n) is 7.67. The number of thiophene rings is 2. The molecular weight excluding hydrogens is 514 g/mol. The second-order valence-corrected chi connectivity index (χ2v) is 11.2. The van der Waals surface area contributed by atoms with Gasteiger partial charge in [0.1, 0.15) is 22.6 Å². The Bertz CT molecular complexity index is 1460. The average molecular weight is 530 g/mol. The van der Waals surface area contributed by atoms with Crippen LogP contribution in [0.1, 0.15) is 33.0 Å². The summed E-state index contributed by atoms with van der Waals surface area (Å²) >= 11 is 10.2. The Morgan fingerprint density at radius 1 is 1.24 bits per heavy atom. The number of nitrogen functional groups attached to an aromatic ring is 1. The van der Waals surface area contributed by atoms with Gasteiger partial charge in [0.15, 0.2) is 5.82 Å². The fourth-order valence-electron chi connectivity index (χ4n) is 3.35. The minimum Gasteiger partial charge on any atom is -0.481 e. The number of nitrogens with two attached hydrogens (primary N) is 1. The van der Waals surface area contributed by atoms with Crippen LogP contribution in [0.15, 0.2) is 36.4 Å². The van der Waals surface area contributed by atoms with Gasteiger partial charge in [-0.05, 0) is 54.4 Å². The Kier molecular flexibility index (Phi) is 5.95. The van der Waals surface area contributed by atoms with E-state index in [1.54, 1.807) is 18.2 Å². The van der Waals surface area contributed by atoms with Gasteiger partial charge in [-0.1, -0.05) is 29.8 Å². The Hall–Kier alpha value is -3.10. The van der Waals surface area contributed by atoms with Gasteiger partial charge in [-0.2, -0.15) is 4.37 Å². The summed E-state index contributed by atoms with van der Waals surface area (Å²) in [6, 6.07) is 11.0. The van der Waals surface area contributed by atoms with E-state index >= 15 is 0 Å². The fourth-order valence-corrected chi connectivity index (χ4v) is 6.70. The minimum atomic E-state index is -0.755. The fraction of sp³-hybridized carbons (Fsp3) is 0.174. The van der Waals surface area contributed by atoms with Gasteiger partial charge in [-0.3, -0.25) is 10.1 Å². The number of aliphatic carboxylic acids is 1. The Morgan fingerprint density at radius 2 is 2.03 bits per heavy atom. The standard InChI is InChI=1S/C23H16ClN3O4S3/c24-15-4-2-1-3-12(15)11-31-22(30)26-18-16(34-27-19(18)25)6-5-14-9-13-10-17(33-20(13)32-14)23(7-8-23)21(28)29/h1-4,9-10H,7-8,11H2,(H2,25,27)(H,26,30)(H,28,29). The van der Waals surface area contributed by atoms with Crippen molar-refractivity contribution in [2.75, 3.05) is 11.1 Å². The monoisotopic (exact) mass is 529 g/mol. The topological polar surface area (TPSA) is 115 Å². The van der Waals surface area contributed by atoms with Crippen molar-refractivity contribution >= 4 is 78.8 Å². The summed E-state index contributed by atoms with van der Waals surface area (Å²) in [5.41, 5.74) is 6.21. The van der Waals surface area contributed by atoms with Crippen molar-refractivity contribution < 1.29 is 19.4 Å². The van der Waals surface area contributed by atoms with Gasteiger partial charge in [-0.25, -0.2) is 4.79 Å². The molecule has 0 unspecified atom stereocenters. The van der Waals surface area contributed by atoms with Crippen LogP contribution in [-0.4, -0.2) is 21.5 Å². The predicted molar refractivity (Wildman–Crippen MR) is 136 cm³/mol. The van der Waals surface area contributed by atoms with Gasteiger partial charge in [0.2, 0.25) is 0 Å². The molecule has 1 saturated carbocycles. The zero-order chi connectivity index (χ0) is 23.9. The van der Waals surface area contributed by atoms with Crippen LogP contribution in [0.2, 0.25) is 5.02 Å². The minimum absolute atomic E-state index is 0.0150. The maximum Gasteiger partial charge on any atom is 0.412 e. The largest absolute Gasteiger partial charge is 0.481 e. The van der Waals surface area contributed by atoms with Gasteiger partial charge in [0.25, 0.3) is 0 Å². The summed E-state index contributed by atoms with van der Waals surface area (Å²) < 4.78 is 10.4. The molecule has 1 amide bonds. The van der Waals surface area contributed by atoms with Crippen LogP contribution in [0.3, 0.4) is 0 Å². The van der Waals surface area contributed by atoms with Crippen molar-refractivity contribution in [3.8, 4) is 11.8 Å². The van der Waals surface area contributed by atoms with Crippen LogP contribution in [0.5, 0.6) is 0 Å². The summed E-state index contributed by atoms with van der Waals surface area (Å²) in [4.78, 5) is 26.1. The van der Waals surface area contributed by atoms with Crippen molar-refractivity contribution in [2.45, 2.75) is 24.9 Å². The molecule has 4 aromatic rings. The molecule has 7 nitrogen and oxygen atoms in total. The number of fused-ring (bicyclic) bond motifs is 1. The molecule has 1 aromatic carbocycles. The quantitative estimate of drug-likeness (QED) is 0.276. The predicted octanol–water partition coefficient (Wildman–Crippen LogP) is 5.92. The highest BCUT2D eigenvalue weighted by atomic mass is 35.5. The van der Waals surface area contributed by atoms with E-state index in [1.807, 2.05) is 18.2 Å². The molecule has 0 atom stereocenters. The average Bonchev–Trinajstić information content (AvgIpc) is 3.25. The molecule has 3 aromatic heterocycles. The number of rotatable bonds is 5. The van der Waals surface area contributed by atoms with Crippen molar-refractivity contribution in [1.82, 2.24) is 4.37 Å². The highest BCUT2D eigenvalue weighted by Gasteiger charge is 2.53. The molecule has 1 fully saturated rings. The third-order valence-corrected chi connectivity index (χ3v) is 9.06. The third kappa shape index (κ3) is 4.35. The number of carbonyl (C=O) groups excluding carboxylic acids is 1. The first-order valence-corrected chi connectivity index (χ1v) is 12.9. The lowest BCUT2D eigenvalue weighted by molar-refractivity contribution is -0.139. The van der Waals surface area contributed by atoms with Crippen molar-refractivity contribution in [2.24, 2.45) is 0 Å².